The fourth-order valence-corrected chi connectivity index (χ4v) is 2.56. The maximum atomic E-state index is 11.0. The molecule has 0 saturated carbocycles. The lowest BCUT2D eigenvalue weighted by Crippen LogP contribution is -2.18. The van der Waals surface area contributed by atoms with Gasteiger partial charge in [-0.2, -0.15) is 0 Å². The molecule has 2 N–H and O–H groups in total. The molecule has 1 aliphatic heterocycles. The first-order chi connectivity index (χ1) is 10.1. The number of amides is 1. The van der Waals surface area contributed by atoms with Gasteiger partial charge in [-0.3, -0.25) is 4.98 Å². The van der Waals surface area contributed by atoms with E-state index in [-0.39, 0.29) is 6.10 Å². The molecule has 0 fully saturated rings. The molecule has 0 bridgehead atoms. The largest absolute Gasteiger partial charge is 0.410 e. The zero-order chi connectivity index (χ0) is 15.0. The maximum absolute atomic E-state index is 11.0. The predicted octanol–water partition coefficient (Wildman–Crippen LogP) is 3.12. The Morgan fingerprint density at radius 3 is 2.81 bits per heavy atom. The normalized spacial score (nSPS) is 16.6. The van der Waals surface area contributed by atoms with Crippen molar-refractivity contribution < 1.29 is 14.3 Å². The minimum absolute atomic E-state index is 0.249. The zero-order valence-corrected chi connectivity index (χ0v) is 12.1. The van der Waals surface area contributed by atoms with E-state index in [1.54, 1.807) is 25.3 Å². The summed E-state index contributed by atoms with van der Waals surface area (Å²) >= 11 is 5.90. The summed E-state index contributed by atoms with van der Waals surface area (Å²) in [5.74, 6) is 0.386. The van der Waals surface area contributed by atoms with Crippen LogP contribution in [-0.4, -0.2) is 11.1 Å². The van der Waals surface area contributed by atoms with E-state index < -0.39 is 6.09 Å². The van der Waals surface area contributed by atoms with Crippen molar-refractivity contribution >= 4 is 17.7 Å². The van der Waals surface area contributed by atoms with E-state index in [2.05, 4.69) is 4.98 Å². The average molecular weight is 305 g/mol. The number of aromatic nitrogens is 1. The molecule has 1 atom stereocenters. The second kappa shape index (κ2) is 5.35. The van der Waals surface area contributed by atoms with E-state index in [1.807, 2.05) is 12.1 Å². The molecule has 2 aromatic rings. The van der Waals surface area contributed by atoms with Crippen LogP contribution in [-0.2, 0) is 11.3 Å². The first-order valence-corrected chi connectivity index (χ1v) is 6.77. The van der Waals surface area contributed by atoms with Crippen molar-refractivity contribution in [3.8, 4) is 5.75 Å². The van der Waals surface area contributed by atoms with Crippen LogP contribution in [0.25, 0.3) is 0 Å². The number of primary amides is 1. The van der Waals surface area contributed by atoms with Crippen molar-refractivity contribution in [3.05, 3.63) is 57.9 Å². The van der Waals surface area contributed by atoms with Gasteiger partial charge in [0.1, 0.15) is 6.10 Å². The number of pyridine rings is 1. The third-order valence-corrected chi connectivity index (χ3v) is 3.65. The molecule has 6 heteroatoms. The Morgan fingerprint density at radius 1 is 1.43 bits per heavy atom. The number of rotatable bonds is 2. The van der Waals surface area contributed by atoms with Gasteiger partial charge < -0.3 is 15.2 Å². The minimum atomic E-state index is -0.858. The zero-order valence-electron chi connectivity index (χ0n) is 11.3. The highest BCUT2D eigenvalue weighted by atomic mass is 35.5. The minimum Gasteiger partial charge on any atom is -0.408 e. The number of halogens is 1. The van der Waals surface area contributed by atoms with Gasteiger partial charge in [0.15, 0.2) is 5.75 Å². The SMILES string of the molecule is Cc1ncc2c(c1OC(N)=O)COC2c1ccc(Cl)cc1. The van der Waals surface area contributed by atoms with Gasteiger partial charge in [0.2, 0.25) is 0 Å². The van der Waals surface area contributed by atoms with Crippen molar-refractivity contribution in [1.82, 2.24) is 4.98 Å². The van der Waals surface area contributed by atoms with Crippen molar-refractivity contribution in [1.29, 1.82) is 0 Å². The molecule has 21 heavy (non-hydrogen) atoms. The third-order valence-electron chi connectivity index (χ3n) is 3.40. The molecule has 108 valence electrons. The molecule has 1 amide bonds. The second-order valence-corrected chi connectivity index (χ2v) is 5.21. The number of nitrogens with two attached hydrogens (primary N) is 1. The Hall–Kier alpha value is -2.11. The molecule has 0 spiro atoms. The number of ether oxygens (including phenoxy) is 2. The highest BCUT2D eigenvalue weighted by Crippen LogP contribution is 2.40. The standard InChI is InChI=1S/C15H13ClN2O3/c1-8-13(21-15(17)19)12-7-20-14(11(12)6-18-8)9-2-4-10(16)5-3-9/h2-6,14H,7H2,1H3,(H2,17,19). The average Bonchev–Trinajstić information content (AvgIpc) is 2.87. The number of benzene rings is 1. The van der Waals surface area contributed by atoms with Crippen LogP contribution in [0.4, 0.5) is 4.79 Å². The number of nitrogens with zero attached hydrogens (tertiary/aromatic N) is 1. The van der Waals surface area contributed by atoms with Crippen LogP contribution in [0.5, 0.6) is 5.75 Å². The number of hydrogen-bond donors (Lipinski definition) is 1. The molecular weight excluding hydrogens is 292 g/mol. The van der Waals surface area contributed by atoms with E-state index >= 15 is 0 Å². The van der Waals surface area contributed by atoms with E-state index in [0.29, 0.717) is 23.1 Å². The predicted molar refractivity (Wildman–Crippen MR) is 77.3 cm³/mol. The fraction of sp³-hybridized carbons (Fsp3) is 0.200. The Morgan fingerprint density at radius 2 is 2.14 bits per heavy atom. The fourth-order valence-electron chi connectivity index (χ4n) is 2.43. The molecule has 1 aromatic carbocycles. The van der Waals surface area contributed by atoms with Crippen LogP contribution in [0.1, 0.15) is 28.5 Å². The summed E-state index contributed by atoms with van der Waals surface area (Å²) < 4.78 is 10.9. The van der Waals surface area contributed by atoms with Crippen LogP contribution < -0.4 is 10.5 Å². The van der Waals surface area contributed by atoms with E-state index in [0.717, 1.165) is 16.7 Å². The van der Waals surface area contributed by atoms with Gasteiger partial charge in [-0.05, 0) is 24.6 Å². The summed E-state index contributed by atoms with van der Waals surface area (Å²) in [5, 5.41) is 0.664. The summed E-state index contributed by atoms with van der Waals surface area (Å²) in [6.07, 6.45) is 0.633. The number of fused-ring (bicyclic) bond motifs is 1. The molecule has 0 aliphatic carbocycles. The van der Waals surface area contributed by atoms with Gasteiger partial charge in [-0.15, -0.1) is 0 Å². The number of carbonyl (C=O) groups is 1. The first-order valence-electron chi connectivity index (χ1n) is 6.39. The van der Waals surface area contributed by atoms with Crippen LogP contribution in [0.15, 0.2) is 30.5 Å². The summed E-state index contributed by atoms with van der Waals surface area (Å²) in [4.78, 5) is 15.3. The third kappa shape index (κ3) is 2.57. The number of carbonyl (C=O) groups excluding carboxylic acids is 1. The summed E-state index contributed by atoms with van der Waals surface area (Å²) in [6.45, 7) is 2.10. The van der Waals surface area contributed by atoms with Gasteiger partial charge >= 0.3 is 6.09 Å². The Balaban J connectivity index is 2.03. The van der Waals surface area contributed by atoms with Crippen LogP contribution in [0.3, 0.4) is 0 Å². The highest BCUT2D eigenvalue weighted by molar-refractivity contribution is 6.30. The van der Waals surface area contributed by atoms with Crippen LogP contribution in [0, 0.1) is 6.92 Å². The first kappa shape index (κ1) is 13.9. The van der Waals surface area contributed by atoms with Crippen LogP contribution >= 0.6 is 11.6 Å². The Labute approximate surface area is 126 Å². The summed E-state index contributed by atoms with van der Waals surface area (Å²) in [5.41, 5.74) is 8.36. The number of aryl methyl sites for hydroxylation is 1. The van der Waals surface area contributed by atoms with Gasteiger partial charge in [-0.25, -0.2) is 4.79 Å². The van der Waals surface area contributed by atoms with Gasteiger partial charge in [0.05, 0.1) is 12.3 Å². The molecule has 1 aliphatic rings. The van der Waals surface area contributed by atoms with Gasteiger partial charge in [0, 0.05) is 22.3 Å². The lowest BCUT2D eigenvalue weighted by atomic mass is 10.0. The molecule has 1 unspecified atom stereocenters. The van der Waals surface area contributed by atoms with Crippen molar-refractivity contribution in [2.45, 2.75) is 19.6 Å². The van der Waals surface area contributed by atoms with Crippen molar-refractivity contribution in [3.63, 3.8) is 0 Å². The lowest BCUT2D eigenvalue weighted by molar-refractivity contribution is 0.0932. The van der Waals surface area contributed by atoms with Crippen molar-refractivity contribution in [2.75, 3.05) is 0 Å². The smallest absolute Gasteiger partial charge is 0.408 e. The lowest BCUT2D eigenvalue weighted by Gasteiger charge is -2.12. The summed E-state index contributed by atoms with van der Waals surface area (Å²) in [6, 6.07) is 7.41. The molecule has 0 radical (unpaired) electrons. The van der Waals surface area contributed by atoms with E-state index in [1.165, 1.54) is 0 Å². The van der Waals surface area contributed by atoms with Crippen molar-refractivity contribution in [2.24, 2.45) is 5.73 Å². The van der Waals surface area contributed by atoms with Crippen LogP contribution in [0.2, 0.25) is 5.02 Å². The van der Waals surface area contributed by atoms with Gasteiger partial charge in [0.25, 0.3) is 0 Å². The quantitative estimate of drug-likeness (QED) is 0.925. The summed E-state index contributed by atoms with van der Waals surface area (Å²) in [7, 11) is 0. The Kier molecular flexibility index (Phi) is 3.53. The van der Waals surface area contributed by atoms with Gasteiger partial charge in [-0.1, -0.05) is 23.7 Å². The molecule has 2 heterocycles. The monoisotopic (exact) mass is 304 g/mol. The highest BCUT2D eigenvalue weighted by Gasteiger charge is 2.29. The molecule has 5 nitrogen and oxygen atoms in total. The second-order valence-electron chi connectivity index (χ2n) is 4.77. The Bertz CT molecular complexity index is 701. The molecule has 0 saturated heterocycles. The van der Waals surface area contributed by atoms with E-state index in [9.17, 15) is 4.79 Å². The number of hydrogen-bond acceptors (Lipinski definition) is 4. The molecule has 1 aromatic heterocycles. The van der Waals surface area contributed by atoms with E-state index in [4.69, 9.17) is 26.8 Å². The topological polar surface area (TPSA) is 74.4 Å². The maximum Gasteiger partial charge on any atom is 0.410 e. The molecule has 3 rings (SSSR count). The molecular formula is C15H13ClN2O3.